The molecule has 0 radical (unpaired) electrons. The van der Waals surface area contributed by atoms with E-state index in [0.717, 1.165) is 17.7 Å². The van der Waals surface area contributed by atoms with E-state index >= 15 is 0 Å². The summed E-state index contributed by atoms with van der Waals surface area (Å²) >= 11 is 0. The molecule has 0 aromatic heterocycles. The Morgan fingerprint density at radius 1 is 1.26 bits per heavy atom. The largest absolute Gasteiger partial charge is 0.507 e. The van der Waals surface area contributed by atoms with Crippen molar-refractivity contribution in [3.63, 3.8) is 0 Å². The maximum Gasteiger partial charge on any atom is 0.122 e. The van der Waals surface area contributed by atoms with Gasteiger partial charge in [-0.3, -0.25) is 4.90 Å². The van der Waals surface area contributed by atoms with Crippen molar-refractivity contribution in [1.82, 2.24) is 4.90 Å². The van der Waals surface area contributed by atoms with Crippen LogP contribution in [0, 0.1) is 6.92 Å². The van der Waals surface area contributed by atoms with Crippen LogP contribution in [0.1, 0.15) is 18.1 Å². The Morgan fingerprint density at radius 2 is 2.00 bits per heavy atom. The minimum absolute atomic E-state index is 0.278. The van der Waals surface area contributed by atoms with Crippen LogP contribution in [-0.2, 0) is 16.0 Å². The third kappa shape index (κ3) is 4.82. The van der Waals surface area contributed by atoms with Gasteiger partial charge in [0.1, 0.15) is 5.75 Å². The summed E-state index contributed by atoms with van der Waals surface area (Å²) in [4.78, 5) is 2.25. The fourth-order valence-corrected chi connectivity index (χ4v) is 2.08. The number of para-hydroxylation sites is 1. The van der Waals surface area contributed by atoms with Gasteiger partial charge in [-0.2, -0.15) is 0 Å². The van der Waals surface area contributed by atoms with Gasteiger partial charge in [-0.05, 0) is 19.4 Å². The molecule has 0 amide bonds. The van der Waals surface area contributed by atoms with E-state index in [-0.39, 0.29) is 6.04 Å². The van der Waals surface area contributed by atoms with Gasteiger partial charge in [0.25, 0.3) is 0 Å². The molecule has 4 nitrogen and oxygen atoms in total. The number of rotatable bonds is 8. The summed E-state index contributed by atoms with van der Waals surface area (Å²) in [5.74, 6) is 0.384. The lowest BCUT2D eigenvalue weighted by Crippen LogP contribution is -2.38. The summed E-state index contributed by atoms with van der Waals surface area (Å²) in [6.07, 6.45) is 0. The molecule has 1 unspecified atom stereocenters. The lowest BCUT2D eigenvalue weighted by Gasteiger charge is -2.28. The van der Waals surface area contributed by atoms with Crippen molar-refractivity contribution in [2.45, 2.75) is 26.4 Å². The molecule has 0 aliphatic carbocycles. The SMILES string of the molecule is COCCN(Cc1cccc(C)c1O)C(C)COC. The summed E-state index contributed by atoms with van der Waals surface area (Å²) in [6, 6.07) is 6.12. The highest BCUT2D eigenvalue weighted by Gasteiger charge is 2.16. The van der Waals surface area contributed by atoms with E-state index in [0.29, 0.717) is 25.5 Å². The molecule has 1 rings (SSSR count). The second-order valence-electron chi connectivity index (χ2n) is 4.85. The zero-order valence-corrected chi connectivity index (χ0v) is 12.3. The lowest BCUT2D eigenvalue weighted by atomic mass is 10.1. The molecule has 19 heavy (non-hydrogen) atoms. The molecule has 108 valence electrons. The van der Waals surface area contributed by atoms with Crippen LogP contribution in [-0.4, -0.2) is 50.0 Å². The van der Waals surface area contributed by atoms with Crippen molar-refractivity contribution < 1.29 is 14.6 Å². The van der Waals surface area contributed by atoms with Gasteiger partial charge in [0.2, 0.25) is 0 Å². The molecule has 0 bridgehead atoms. The second kappa shape index (κ2) is 8.15. The standard InChI is InChI=1S/C15H25NO3/c1-12-6-5-7-14(15(12)17)10-16(8-9-18-3)13(2)11-19-4/h5-7,13,17H,8-11H2,1-4H3. The summed E-state index contributed by atoms with van der Waals surface area (Å²) in [5.41, 5.74) is 1.85. The predicted octanol–water partition coefficient (Wildman–Crippen LogP) is 2.18. The Balaban J connectivity index is 2.78. The molecule has 0 heterocycles. The first-order valence-electron chi connectivity index (χ1n) is 6.59. The number of phenols is 1. The summed E-state index contributed by atoms with van der Waals surface area (Å²) in [6.45, 7) is 6.87. The van der Waals surface area contributed by atoms with Crippen LogP contribution in [0.25, 0.3) is 0 Å². The summed E-state index contributed by atoms with van der Waals surface area (Å²) in [5, 5.41) is 10.1. The van der Waals surface area contributed by atoms with Crippen molar-refractivity contribution in [3.05, 3.63) is 29.3 Å². The smallest absolute Gasteiger partial charge is 0.122 e. The van der Waals surface area contributed by atoms with Crippen LogP contribution >= 0.6 is 0 Å². The van der Waals surface area contributed by atoms with Gasteiger partial charge in [-0.15, -0.1) is 0 Å². The first kappa shape index (κ1) is 16.0. The number of aromatic hydroxyl groups is 1. The quantitative estimate of drug-likeness (QED) is 0.784. The molecule has 1 N–H and O–H groups in total. The van der Waals surface area contributed by atoms with Gasteiger partial charge in [0.05, 0.1) is 13.2 Å². The number of phenolic OH excluding ortho intramolecular Hbond substituents is 1. The molecule has 1 aromatic carbocycles. The fourth-order valence-electron chi connectivity index (χ4n) is 2.08. The molecular weight excluding hydrogens is 242 g/mol. The maximum atomic E-state index is 10.1. The van der Waals surface area contributed by atoms with Crippen molar-refractivity contribution in [2.75, 3.05) is 34.0 Å². The minimum atomic E-state index is 0.278. The third-order valence-electron chi connectivity index (χ3n) is 3.31. The Hall–Kier alpha value is -1.10. The number of hydrogen-bond acceptors (Lipinski definition) is 4. The number of benzene rings is 1. The highest BCUT2D eigenvalue weighted by Crippen LogP contribution is 2.23. The fraction of sp³-hybridized carbons (Fsp3) is 0.600. The second-order valence-corrected chi connectivity index (χ2v) is 4.85. The average molecular weight is 267 g/mol. The van der Waals surface area contributed by atoms with Crippen LogP contribution in [0.2, 0.25) is 0 Å². The zero-order valence-electron chi connectivity index (χ0n) is 12.3. The summed E-state index contributed by atoms with van der Waals surface area (Å²) < 4.78 is 10.4. The van der Waals surface area contributed by atoms with E-state index in [1.165, 1.54) is 0 Å². The van der Waals surface area contributed by atoms with Crippen LogP contribution in [0.4, 0.5) is 0 Å². The first-order valence-corrected chi connectivity index (χ1v) is 6.59. The molecule has 0 aliphatic heterocycles. The maximum absolute atomic E-state index is 10.1. The number of ether oxygens (including phenoxy) is 2. The number of hydrogen-bond donors (Lipinski definition) is 1. The monoisotopic (exact) mass is 267 g/mol. The van der Waals surface area contributed by atoms with E-state index in [1.54, 1.807) is 14.2 Å². The van der Waals surface area contributed by atoms with Gasteiger partial charge >= 0.3 is 0 Å². The topological polar surface area (TPSA) is 41.9 Å². The highest BCUT2D eigenvalue weighted by molar-refractivity contribution is 5.39. The molecule has 1 aromatic rings. The van der Waals surface area contributed by atoms with Gasteiger partial charge < -0.3 is 14.6 Å². The molecule has 4 heteroatoms. The molecule has 0 aliphatic rings. The summed E-state index contributed by atoms with van der Waals surface area (Å²) in [7, 11) is 3.40. The molecule has 0 spiro atoms. The van der Waals surface area contributed by atoms with E-state index in [2.05, 4.69) is 11.8 Å². The Morgan fingerprint density at radius 3 is 2.63 bits per heavy atom. The molecule has 1 atom stereocenters. The highest BCUT2D eigenvalue weighted by atomic mass is 16.5. The van der Waals surface area contributed by atoms with Crippen molar-refractivity contribution >= 4 is 0 Å². The van der Waals surface area contributed by atoms with Crippen LogP contribution in [0.5, 0.6) is 5.75 Å². The van der Waals surface area contributed by atoms with E-state index in [1.807, 2.05) is 25.1 Å². The predicted molar refractivity (Wildman–Crippen MR) is 76.5 cm³/mol. The normalized spacial score (nSPS) is 12.9. The van der Waals surface area contributed by atoms with Gasteiger partial charge in [0.15, 0.2) is 0 Å². The van der Waals surface area contributed by atoms with Gasteiger partial charge in [-0.1, -0.05) is 18.2 Å². The minimum Gasteiger partial charge on any atom is -0.507 e. The van der Waals surface area contributed by atoms with E-state index in [9.17, 15) is 5.11 Å². The van der Waals surface area contributed by atoms with Crippen LogP contribution in [0.15, 0.2) is 18.2 Å². The lowest BCUT2D eigenvalue weighted by molar-refractivity contribution is 0.0700. The Bertz CT molecular complexity index is 382. The van der Waals surface area contributed by atoms with Crippen molar-refractivity contribution in [2.24, 2.45) is 0 Å². The van der Waals surface area contributed by atoms with Crippen molar-refractivity contribution in [3.8, 4) is 5.75 Å². The Labute approximate surface area is 115 Å². The molecule has 0 fully saturated rings. The van der Waals surface area contributed by atoms with Gasteiger partial charge in [-0.25, -0.2) is 0 Å². The zero-order chi connectivity index (χ0) is 14.3. The molecule has 0 saturated heterocycles. The van der Waals surface area contributed by atoms with E-state index < -0.39 is 0 Å². The number of methoxy groups -OCH3 is 2. The van der Waals surface area contributed by atoms with Crippen LogP contribution < -0.4 is 0 Å². The van der Waals surface area contributed by atoms with Crippen molar-refractivity contribution in [1.29, 1.82) is 0 Å². The molecular formula is C15H25NO3. The molecule has 0 saturated carbocycles. The van der Waals surface area contributed by atoms with E-state index in [4.69, 9.17) is 9.47 Å². The third-order valence-corrected chi connectivity index (χ3v) is 3.31. The van der Waals surface area contributed by atoms with Crippen LogP contribution in [0.3, 0.4) is 0 Å². The van der Waals surface area contributed by atoms with Gasteiger partial charge in [0, 0.05) is 38.9 Å². The first-order chi connectivity index (χ1) is 9.10. The number of nitrogens with zero attached hydrogens (tertiary/aromatic N) is 1. The Kier molecular flexibility index (Phi) is 6.84. The average Bonchev–Trinajstić information content (AvgIpc) is 2.39. The number of aryl methyl sites for hydroxylation is 1.